The van der Waals surface area contributed by atoms with E-state index in [0.29, 0.717) is 86.2 Å². The molecule has 4 aliphatic carbocycles. The van der Waals surface area contributed by atoms with Gasteiger partial charge in [-0.05, 0) is 266 Å². The Kier molecular flexibility index (Phi) is 29.5. The Morgan fingerprint density at radius 1 is 0.453 bits per heavy atom. The van der Waals surface area contributed by atoms with E-state index in [9.17, 15) is 48.9 Å². The second-order valence-electron chi connectivity index (χ2n) is 27.2. The van der Waals surface area contributed by atoms with E-state index in [-0.39, 0.29) is 82.8 Å². The topological polar surface area (TPSA) is 276 Å². The summed E-state index contributed by atoms with van der Waals surface area (Å²) >= 11 is 0. The highest BCUT2D eigenvalue weighted by Crippen LogP contribution is 2.46. The summed E-state index contributed by atoms with van der Waals surface area (Å²) in [5, 5.41) is 20.7. The summed E-state index contributed by atoms with van der Waals surface area (Å²) in [4.78, 5) is 103. The molecule has 0 spiro atoms. The van der Waals surface area contributed by atoms with Gasteiger partial charge in [0, 0.05) is 23.3 Å². The zero-order chi connectivity index (χ0) is 75.3. The van der Waals surface area contributed by atoms with Crippen LogP contribution in [-0.4, -0.2) is 85.8 Å². The number of unbranched alkanes of at least 4 members (excludes halogenated alkanes) is 2. The van der Waals surface area contributed by atoms with E-state index in [1.807, 2.05) is 12.1 Å². The molecule has 0 aliphatic heterocycles. The third-order valence-corrected chi connectivity index (χ3v) is 20.1. The number of nitrogens with zero attached hydrogens (tertiary/aromatic N) is 2. The van der Waals surface area contributed by atoms with Crippen molar-refractivity contribution in [3.05, 3.63) is 191 Å². The second kappa shape index (κ2) is 39.6. The average Bonchev–Trinajstić information content (AvgIpc) is 0.809. The number of allylic oxidation sites excluding steroid dienone is 2. The van der Waals surface area contributed by atoms with Crippen molar-refractivity contribution in [3.8, 4) is 58.8 Å². The van der Waals surface area contributed by atoms with Gasteiger partial charge in [0.15, 0.2) is 22.7 Å². The van der Waals surface area contributed by atoms with Gasteiger partial charge >= 0.3 is 48.1 Å². The summed E-state index contributed by atoms with van der Waals surface area (Å²) in [6.45, 7) is 11.5. The molecule has 4 aliphatic rings. The molecule has 3 saturated carbocycles. The monoisotopic (exact) mass is 1440 g/mol. The van der Waals surface area contributed by atoms with Crippen molar-refractivity contribution in [1.82, 2.24) is 0 Å². The lowest BCUT2D eigenvalue weighted by molar-refractivity contribution is -0.138. The van der Waals surface area contributed by atoms with Crippen molar-refractivity contribution in [2.75, 3.05) is 26.4 Å². The summed E-state index contributed by atoms with van der Waals surface area (Å²) in [6, 6.07) is 30.7. The number of hydrogen-bond donors (Lipinski definition) is 0. The minimum Gasteiger partial charge on any atom is -0.463 e. The number of rotatable bonds is 28. The molecule has 5 aromatic carbocycles. The van der Waals surface area contributed by atoms with Crippen LogP contribution >= 0.6 is 0 Å². The summed E-state index contributed by atoms with van der Waals surface area (Å²) < 4.78 is 54.8. The van der Waals surface area contributed by atoms with E-state index in [1.165, 1.54) is 129 Å². The van der Waals surface area contributed by atoms with Crippen LogP contribution in [0.15, 0.2) is 146 Å². The van der Waals surface area contributed by atoms with Crippen LogP contribution in [0.2, 0.25) is 0 Å². The van der Waals surface area contributed by atoms with Crippen molar-refractivity contribution >= 4 is 48.1 Å². The first-order valence-electron chi connectivity index (χ1n) is 36.7. The first-order valence-corrected chi connectivity index (χ1v) is 36.7. The van der Waals surface area contributed by atoms with Gasteiger partial charge in [0.1, 0.15) is 34.8 Å². The zero-order valence-corrected chi connectivity index (χ0v) is 60.3. The van der Waals surface area contributed by atoms with Crippen LogP contribution in [0.4, 0.5) is 9.59 Å². The number of benzene rings is 5. The first kappa shape index (κ1) is 78.9. The van der Waals surface area contributed by atoms with Gasteiger partial charge in [-0.3, -0.25) is 0 Å². The molecule has 106 heavy (non-hydrogen) atoms. The quantitative estimate of drug-likeness (QED) is 0.00657. The summed E-state index contributed by atoms with van der Waals surface area (Å²) in [6.07, 6.45) is 22.5. The minimum atomic E-state index is -1.15. The van der Waals surface area contributed by atoms with Crippen molar-refractivity contribution in [3.63, 3.8) is 0 Å². The molecule has 20 nitrogen and oxygen atoms in total. The average molecular weight is 1440 g/mol. The third-order valence-electron chi connectivity index (χ3n) is 20.1. The van der Waals surface area contributed by atoms with Gasteiger partial charge in [-0.25, -0.2) is 38.4 Å². The SMILES string of the molecule is C=CC(=O)OCCCCOC(=O)Oc1ccc(C(=O)OC2(C#Cc3ccc(C(=O)Oc4ccc(OC(=O)c5ccc(C#CC6(OC(=O)c7ccc(OC(=O)OCCCCOC(=O)C=C)cc7)CCC(C7CCC(CCC)CC7)CC6)cc5)c(C#N)c4C#N)cc3)CCC(C3CC=C(CCC)CC3)CC2)cc1. The van der Waals surface area contributed by atoms with Crippen molar-refractivity contribution in [2.24, 2.45) is 29.6 Å². The van der Waals surface area contributed by atoms with E-state index in [2.05, 4.69) is 56.8 Å². The molecular formula is C86H90N2O18. The van der Waals surface area contributed by atoms with Gasteiger partial charge in [-0.15, -0.1) is 0 Å². The Labute approximate surface area is 619 Å². The molecule has 0 radical (unpaired) electrons. The molecule has 1 atom stereocenters. The third kappa shape index (κ3) is 23.1. The molecule has 0 N–H and O–H groups in total. The largest absolute Gasteiger partial charge is 0.513 e. The van der Waals surface area contributed by atoms with E-state index in [1.54, 1.807) is 24.3 Å². The number of nitriles is 2. The Hall–Kier alpha value is -11.2. The molecule has 0 amide bonds. The number of carbonyl (C=O) groups excluding carboxylic acids is 8. The highest BCUT2D eigenvalue weighted by Gasteiger charge is 2.42. The van der Waals surface area contributed by atoms with Crippen LogP contribution in [0, 0.1) is 75.9 Å². The molecule has 20 heteroatoms. The van der Waals surface area contributed by atoms with Gasteiger partial charge in [0.25, 0.3) is 0 Å². The molecular weight excluding hydrogens is 1350 g/mol. The van der Waals surface area contributed by atoms with Crippen LogP contribution < -0.4 is 18.9 Å². The number of carbonyl (C=O) groups is 8. The van der Waals surface area contributed by atoms with Crippen molar-refractivity contribution in [1.29, 1.82) is 10.5 Å². The predicted molar refractivity (Wildman–Crippen MR) is 391 cm³/mol. The fourth-order valence-corrected chi connectivity index (χ4v) is 14.2. The van der Waals surface area contributed by atoms with Gasteiger partial charge in [-0.2, -0.15) is 10.5 Å². The smallest absolute Gasteiger partial charge is 0.463 e. The minimum absolute atomic E-state index is 0.0450. The molecule has 0 aromatic heterocycles. The first-order chi connectivity index (χ1) is 51.4. The molecule has 9 rings (SSSR count). The van der Waals surface area contributed by atoms with Crippen molar-refractivity contribution < 1.29 is 85.7 Å². The van der Waals surface area contributed by atoms with Gasteiger partial charge in [0.05, 0.1) is 48.7 Å². The fraction of sp³-hybridized carbons (Fsp3) is 0.419. The number of hydrogen-bond acceptors (Lipinski definition) is 20. The van der Waals surface area contributed by atoms with Crippen LogP contribution in [-0.2, 0) is 38.0 Å². The van der Waals surface area contributed by atoms with Gasteiger partial charge < -0.3 is 47.4 Å². The van der Waals surface area contributed by atoms with Crippen LogP contribution in [0.5, 0.6) is 23.0 Å². The maximum absolute atomic E-state index is 13.9. The van der Waals surface area contributed by atoms with Gasteiger partial charge in [-0.1, -0.05) is 82.6 Å². The second-order valence-corrected chi connectivity index (χ2v) is 27.2. The molecule has 0 saturated heterocycles. The Balaban J connectivity index is 0.819. The zero-order valence-electron chi connectivity index (χ0n) is 60.3. The lowest BCUT2D eigenvalue weighted by Crippen LogP contribution is -2.39. The summed E-state index contributed by atoms with van der Waals surface area (Å²) in [7, 11) is 0. The Bertz CT molecular complexity index is 4190. The van der Waals surface area contributed by atoms with Gasteiger partial charge in [0.2, 0.25) is 0 Å². The normalized spacial score (nSPS) is 20.1. The molecule has 1 unspecified atom stereocenters. The Morgan fingerprint density at radius 3 is 1.22 bits per heavy atom. The number of esters is 6. The molecule has 0 heterocycles. The van der Waals surface area contributed by atoms with Crippen LogP contribution in [0.25, 0.3) is 0 Å². The summed E-state index contributed by atoms with van der Waals surface area (Å²) in [5.74, 6) is 11.6. The molecule has 3 fully saturated rings. The molecule has 552 valence electrons. The van der Waals surface area contributed by atoms with E-state index >= 15 is 0 Å². The summed E-state index contributed by atoms with van der Waals surface area (Å²) in [5.41, 5.74) is 0.232. The predicted octanol–water partition coefficient (Wildman–Crippen LogP) is 17.3. The lowest BCUT2D eigenvalue weighted by atomic mass is 9.67. The van der Waals surface area contributed by atoms with E-state index in [4.69, 9.17) is 47.4 Å². The maximum atomic E-state index is 13.9. The fourth-order valence-electron chi connectivity index (χ4n) is 14.2. The lowest BCUT2D eigenvalue weighted by Gasteiger charge is -2.41. The molecule has 0 bridgehead atoms. The van der Waals surface area contributed by atoms with Crippen LogP contribution in [0.1, 0.15) is 225 Å². The number of ether oxygens (including phenoxy) is 10. The van der Waals surface area contributed by atoms with E-state index < -0.39 is 59.3 Å². The Morgan fingerprint density at radius 2 is 0.840 bits per heavy atom. The highest BCUT2D eigenvalue weighted by atomic mass is 16.7. The maximum Gasteiger partial charge on any atom is 0.513 e. The van der Waals surface area contributed by atoms with Crippen LogP contribution in [0.3, 0.4) is 0 Å². The highest BCUT2D eigenvalue weighted by molar-refractivity contribution is 5.94. The molecule has 5 aromatic rings. The van der Waals surface area contributed by atoms with E-state index in [0.717, 1.165) is 75.9 Å². The van der Waals surface area contributed by atoms with Crippen molar-refractivity contribution in [2.45, 2.75) is 173 Å². The standard InChI is InChI=1S/C86H90N2O18/c1-5-13-59-15-23-63(24-16-59)65-43-49-85(50-44-65,105-81(93)69-31-35-71(36-32-69)101-83(95)99-55-11-9-53-97-77(89)7-3)47-41-61-19-27-67(28-20-61)79(91)103-75-39-40-76(74(58-88)73(75)57-87)104-80(92)68-29-21-62(22-30-68)42-48-86(51-45-66(46-52-86)64-25-17-60(14-6-2)18-26-64)106-82(94)70-33-37-72(38-34-70)102-84(96)100-56-12-10-54-98-78(90)8-4/h7-8,15,19-22,27-40,60,63-66H,3-6,9-14,16-18,23-26,43-46,49-56H2,1-2H3.